The van der Waals surface area contributed by atoms with Gasteiger partial charge in [0.1, 0.15) is 0 Å². The van der Waals surface area contributed by atoms with Crippen LogP contribution in [0.5, 0.6) is 0 Å². The Balaban J connectivity index is 1.58. The summed E-state index contributed by atoms with van der Waals surface area (Å²) in [5.41, 5.74) is 8.80. The summed E-state index contributed by atoms with van der Waals surface area (Å²) in [6, 6.07) is 7.96. The highest BCUT2D eigenvalue weighted by Gasteiger charge is 2.15. The normalized spacial score (nSPS) is 17.2. The fourth-order valence-corrected chi connectivity index (χ4v) is 3.59. The lowest BCUT2D eigenvalue weighted by molar-refractivity contribution is 0.194. The molecule has 2 heterocycles. The van der Waals surface area contributed by atoms with Gasteiger partial charge < -0.3 is 10.6 Å². The third-order valence-corrected chi connectivity index (χ3v) is 5.16. The fraction of sp³-hybridized carbons (Fsp3) is 0.471. The smallest absolute Gasteiger partial charge is 0.0945 e. The molecule has 1 saturated heterocycles. The lowest BCUT2D eigenvalue weighted by Crippen LogP contribution is -2.34. The van der Waals surface area contributed by atoms with Gasteiger partial charge >= 0.3 is 0 Å². The zero-order chi connectivity index (χ0) is 14.7. The third kappa shape index (κ3) is 3.83. The molecule has 4 heteroatoms. The van der Waals surface area contributed by atoms with Crippen molar-refractivity contribution in [3.05, 3.63) is 34.7 Å². The maximum atomic E-state index is 5.84. The number of anilines is 1. The SMILES string of the molecule is CC1CCN(CCc2nc(-c3cccc(N)c3)cs2)CC1. The second-order valence-electron chi connectivity index (χ2n) is 6.03. The molecule has 0 radical (unpaired) electrons. The largest absolute Gasteiger partial charge is 0.399 e. The lowest BCUT2D eigenvalue weighted by Gasteiger charge is -2.29. The maximum absolute atomic E-state index is 5.84. The molecule has 0 spiro atoms. The number of nitrogens with zero attached hydrogens (tertiary/aromatic N) is 2. The molecular weight excluding hydrogens is 278 g/mol. The van der Waals surface area contributed by atoms with Crippen molar-refractivity contribution in [2.24, 2.45) is 5.92 Å². The van der Waals surface area contributed by atoms with Gasteiger partial charge in [0.2, 0.25) is 0 Å². The number of piperidine rings is 1. The van der Waals surface area contributed by atoms with E-state index >= 15 is 0 Å². The van der Waals surface area contributed by atoms with Crippen molar-refractivity contribution < 1.29 is 0 Å². The highest BCUT2D eigenvalue weighted by molar-refractivity contribution is 7.09. The van der Waals surface area contributed by atoms with Crippen molar-refractivity contribution in [3.63, 3.8) is 0 Å². The van der Waals surface area contributed by atoms with Crippen molar-refractivity contribution in [1.82, 2.24) is 9.88 Å². The summed E-state index contributed by atoms with van der Waals surface area (Å²) in [4.78, 5) is 7.33. The lowest BCUT2D eigenvalue weighted by atomic mass is 9.99. The van der Waals surface area contributed by atoms with Crippen LogP contribution in [0.1, 0.15) is 24.8 Å². The van der Waals surface area contributed by atoms with Gasteiger partial charge in [-0.2, -0.15) is 0 Å². The summed E-state index contributed by atoms with van der Waals surface area (Å²) in [7, 11) is 0. The standard InChI is InChI=1S/C17H23N3S/c1-13-5-8-20(9-6-13)10-7-17-19-16(12-21-17)14-3-2-4-15(18)11-14/h2-4,11-13H,5-10,18H2,1H3. The Bertz CT molecular complexity index is 585. The van der Waals surface area contributed by atoms with Crippen LogP contribution >= 0.6 is 11.3 Å². The van der Waals surface area contributed by atoms with Gasteiger partial charge in [0, 0.05) is 29.6 Å². The molecular formula is C17H23N3S. The highest BCUT2D eigenvalue weighted by Crippen LogP contribution is 2.24. The van der Waals surface area contributed by atoms with Crippen molar-refractivity contribution in [2.45, 2.75) is 26.2 Å². The first-order valence-electron chi connectivity index (χ1n) is 7.73. The number of nitrogens with two attached hydrogens (primary N) is 1. The Morgan fingerprint density at radius 1 is 1.33 bits per heavy atom. The van der Waals surface area contributed by atoms with Gasteiger partial charge in [-0.15, -0.1) is 11.3 Å². The Morgan fingerprint density at radius 3 is 2.90 bits per heavy atom. The van der Waals surface area contributed by atoms with Crippen molar-refractivity contribution in [2.75, 3.05) is 25.4 Å². The van der Waals surface area contributed by atoms with Crippen LogP contribution in [-0.4, -0.2) is 29.5 Å². The van der Waals surface area contributed by atoms with Crippen molar-refractivity contribution >= 4 is 17.0 Å². The topological polar surface area (TPSA) is 42.2 Å². The third-order valence-electron chi connectivity index (χ3n) is 4.25. The summed E-state index contributed by atoms with van der Waals surface area (Å²) < 4.78 is 0. The van der Waals surface area contributed by atoms with Crippen LogP contribution in [0.4, 0.5) is 5.69 Å². The number of aromatic nitrogens is 1. The highest BCUT2D eigenvalue weighted by atomic mass is 32.1. The van der Waals surface area contributed by atoms with Crippen molar-refractivity contribution in [1.29, 1.82) is 0 Å². The zero-order valence-corrected chi connectivity index (χ0v) is 13.4. The van der Waals surface area contributed by atoms with Gasteiger partial charge in [-0.05, 0) is 44.0 Å². The molecule has 1 fully saturated rings. The van der Waals surface area contributed by atoms with Gasteiger partial charge in [0.05, 0.1) is 10.7 Å². The Morgan fingerprint density at radius 2 is 2.14 bits per heavy atom. The van der Waals surface area contributed by atoms with E-state index in [0.717, 1.165) is 35.8 Å². The molecule has 0 atom stereocenters. The van der Waals surface area contributed by atoms with Crippen molar-refractivity contribution in [3.8, 4) is 11.3 Å². The molecule has 112 valence electrons. The second-order valence-corrected chi connectivity index (χ2v) is 6.97. The summed E-state index contributed by atoms with van der Waals surface area (Å²) in [6.45, 7) is 5.98. The molecule has 1 aromatic heterocycles. The number of thiazole rings is 1. The minimum atomic E-state index is 0.796. The number of rotatable bonds is 4. The van der Waals surface area contributed by atoms with Gasteiger partial charge in [0.25, 0.3) is 0 Å². The molecule has 2 N–H and O–H groups in total. The average Bonchev–Trinajstić information content (AvgIpc) is 2.96. The van der Waals surface area contributed by atoms with Crippen LogP contribution in [0.2, 0.25) is 0 Å². The predicted molar refractivity (Wildman–Crippen MR) is 90.5 cm³/mol. The Hall–Kier alpha value is -1.39. The fourth-order valence-electron chi connectivity index (χ4n) is 2.80. The first-order chi connectivity index (χ1) is 10.2. The zero-order valence-electron chi connectivity index (χ0n) is 12.6. The molecule has 21 heavy (non-hydrogen) atoms. The number of nitrogen functional groups attached to an aromatic ring is 1. The van der Waals surface area contributed by atoms with E-state index < -0.39 is 0 Å². The maximum Gasteiger partial charge on any atom is 0.0945 e. The summed E-state index contributed by atoms with van der Waals surface area (Å²) in [6.07, 6.45) is 3.74. The van der Waals surface area contributed by atoms with Crippen LogP contribution in [0.15, 0.2) is 29.6 Å². The van der Waals surface area contributed by atoms with E-state index in [4.69, 9.17) is 10.7 Å². The second kappa shape index (κ2) is 6.58. The molecule has 0 amide bonds. The number of hydrogen-bond donors (Lipinski definition) is 1. The van der Waals surface area contributed by atoms with E-state index in [1.807, 2.05) is 18.2 Å². The van der Waals surface area contributed by atoms with Gasteiger partial charge in [-0.3, -0.25) is 0 Å². The van der Waals surface area contributed by atoms with E-state index in [1.54, 1.807) is 11.3 Å². The Kier molecular flexibility index (Phi) is 4.56. The number of benzene rings is 1. The van der Waals surface area contributed by atoms with E-state index in [-0.39, 0.29) is 0 Å². The molecule has 0 saturated carbocycles. The quantitative estimate of drug-likeness (QED) is 0.876. The van der Waals surface area contributed by atoms with E-state index in [1.165, 1.54) is 30.9 Å². The van der Waals surface area contributed by atoms with Crippen LogP contribution in [0.3, 0.4) is 0 Å². The summed E-state index contributed by atoms with van der Waals surface area (Å²) >= 11 is 1.76. The van der Waals surface area contributed by atoms with Gasteiger partial charge in [-0.1, -0.05) is 19.1 Å². The monoisotopic (exact) mass is 301 g/mol. The molecule has 2 aromatic rings. The van der Waals surface area contributed by atoms with Crippen LogP contribution in [-0.2, 0) is 6.42 Å². The summed E-state index contributed by atoms with van der Waals surface area (Å²) in [5, 5.41) is 3.37. The van der Waals surface area contributed by atoms with E-state index in [2.05, 4.69) is 23.3 Å². The molecule has 3 nitrogen and oxygen atoms in total. The number of likely N-dealkylation sites (tertiary alicyclic amines) is 1. The average molecular weight is 301 g/mol. The molecule has 0 unspecified atom stereocenters. The summed E-state index contributed by atoms with van der Waals surface area (Å²) in [5.74, 6) is 0.899. The molecule has 0 aliphatic carbocycles. The first kappa shape index (κ1) is 14.5. The first-order valence-corrected chi connectivity index (χ1v) is 8.61. The van der Waals surface area contributed by atoms with Crippen LogP contribution < -0.4 is 5.73 Å². The molecule has 3 rings (SSSR count). The van der Waals surface area contributed by atoms with Crippen LogP contribution in [0, 0.1) is 5.92 Å². The van der Waals surface area contributed by atoms with Gasteiger partial charge in [0.15, 0.2) is 0 Å². The molecule has 1 aliphatic heterocycles. The molecule has 1 aliphatic rings. The Labute approximate surface area is 130 Å². The predicted octanol–water partition coefficient (Wildman–Crippen LogP) is 3.67. The minimum Gasteiger partial charge on any atom is -0.399 e. The minimum absolute atomic E-state index is 0.796. The van der Waals surface area contributed by atoms with Crippen LogP contribution in [0.25, 0.3) is 11.3 Å². The molecule has 0 bridgehead atoms. The number of hydrogen-bond acceptors (Lipinski definition) is 4. The van der Waals surface area contributed by atoms with E-state index in [0.29, 0.717) is 0 Å². The van der Waals surface area contributed by atoms with Gasteiger partial charge in [-0.25, -0.2) is 4.98 Å². The molecule has 1 aromatic carbocycles. The van der Waals surface area contributed by atoms with E-state index in [9.17, 15) is 0 Å².